The van der Waals surface area contributed by atoms with Gasteiger partial charge in [0.05, 0.1) is 35.6 Å². The minimum Gasteiger partial charge on any atom is -0.384 e. The molecule has 1 aliphatic heterocycles. The summed E-state index contributed by atoms with van der Waals surface area (Å²) in [7, 11) is 3.46. The highest BCUT2D eigenvalue weighted by Gasteiger charge is 2.46. The molecule has 4 rings (SSSR count). The lowest BCUT2D eigenvalue weighted by atomic mass is 9.68. The van der Waals surface area contributed by atoms with Gasteiger partial charge in [0.1, 0.15) is 6.10 Å². The van der Waals surface area contributed by atoms with Crippen LogP contribution in [0.15, 0.2) is 18.3 Å². The number of aliphatic hydroxyl groups is 1. The van der Waals surface area contributed by atoms with Gasteiger partial charge in [-0.3, -0.25) is 14.2 Å². The van der Waals surface area contributed by atoms with E-state index in [0.717, 1.165) is 44.5 Å². The number of carbonyl (C=O) groups is 1. The monoisotopic (exact) mass is 373 g/mol. The molecule has 0 aromatic carbocycles. The van der Waals surface area contributed by atoms with Crippen molar-refractivity contribution in [3.8, 4) is 0 Å². The molecule has 8 heteroatoms. The molecule has 8 nitrogen and oxygen atoms in total. The number of carbonyl (C=O) groups excluding carboxylic acids is 1. The van der Waals surface area contributed by atoms with Gasteiger partial charge in [-0.2, -0.15) is 10.2 Å². The van der Waals surface area contributed by atoms with Crippen LogP contribution in [0.25, 0.3) is 0 Å². The zero-order valence-corrected chi connectivity index (χ0v) is 16.0. The summed E-state index contributed by atoms with van der Waals surface area (Å²) in [5.74, 6) is 0.194. The molecule has 1 aliphatic carbocycles. The van der Waals surface area contributed by atoms with E-state index < -0.39 is 6.10 Å². The summed E-state index contributed by atoms with van der Waals surface area (Å²) in [6.45, 7) is 2.49. The molecule has 2 aromatic rings. The lowest BCUT2D eigenvalue weighted by Crippen LogP contribution is -2.50. The van der Waals surface area contributed by atoms with Crippen LogP contribution >= 0.6 is 0 Å². The molecule has 146 valence electrons. The lowest BCUT2D eigenvalue weighted by Gasteiger charge is -2.42. The largest absolute Gasteiger partial charge is 0.384 e. The van der Waals surface area contributed by atoms with Gasteiger partial charge in [0.15, 0.2) is 0 Å². The molecular weight excluding hydrogens is 346 g/mol. The van der Waals surface area contributed by atoms with Crippen LogP contribution in [0, 0.1) is 5.41 Å². The highest BCUT2D eigenvalue weighted by atomic mass is 16.5. The number of hydrogen-bond donors (Lipinski definition) is 1. The van der Waals surface area contributed by atoms with Crippen molar-refractivity contribution in [2.45, 2.75) is 44.9 Å². The van der Waals surface area contributed by atoms with Gasteiger partial charge in [-0.25, -0.2) is 0 Å². The maximum atomic E-state index is 13.2. The van der Waals surface area contributed by atoms with Crippen LogP contribution in [-0.4, -0.2) is 55.7 Å². The predicted octanol–water partition coefficient (Wildman–Crippen LogP) is 1.25. The van der Waals surface area contributed by atoms with Crippen LogP contribution < -0.4 is 0 Å². The molecule has 1 saturated carbocycles. The van der Waals surface area contributed by atoms with Gasteiger partial charge in [-0.1, -0.05) is 6.42 Å². The zero-order valence-electron chi connectivity index (χ0n) is 16.0. The average Bonchev–Trinajstić information content (AvgIpc) is 3.17. The molecular formula is C19H27N5O3. The summed E-state index contributed by atoms with van der Waals surface area (Å²) in [6.07, 6.45) is 4.58. The maximum absolute atomic E-state index is 13.2. The quantitative estimate of drug-likeness (QED) is 0.853. The van der Waals surface area contributed by atoms with Gasteiger partial charge in [0.2, 0.25) is 5.91 Å². The Morgan fingerprint density at radius 3 is 2.81 bits per heavy atom. The summed E-state index contributed by atoms with van der Waals surface area (Å²) >= 11 is 0. The van der Waals surface area contributed by atoms with Crippen LogP contribution in [0.2, 0.25) is 0 Å². The fourth-order valence-electron chi connectivity index (χ4n) is 4.23. The van der Waals surface area contributed by atoms with E-state index in [-0.39, 0.29) is 11.3 Å². The maximum Gasteiger partial charge on any atom is 0.231 e. The van der Waals surface area contributed by atoms with E-state index in [1.807, 2.05) is 15.6 Å². The van der Waals surface area contributed by atoms with E-state index in [4.69, 9.17) is 4.74 Å². The highest BCUT2D eigenvalue weighted by Crippen LogP contribution is 2.43. The molecule has 1 fully saturated rings. The standard InChI is InChI=1S/C19H27N5O3/c1-22-16(5-8-20-22)17(25)15-11-14-12-23(9-4-10-24(14)21-15)18(26)19(13-27-2)6-3-7-19/h5,8,11,17,25H,3-4,6-7,9-10,12-13H2,1-2H3/t17-/m0/s1. The van der Waals surface area contributed by atoms with Crippen molar-refractivity contribution in [1.29, 1.82) is 0 Å². The number of fused-ring (bicyclic) bond motifs is 1. The van der Waals surface area contributed by atoms with Gasteiger partial charge < -0.3 is 14.7 Å². The van der Waals surface area contributed by atoms with Crippen LogP contribution in [0.4, 0.5) is 0 Å². The molecule has 0 saturated heterocycles. The third-order valence-corrected chi connectivity index (χ3v) is 5.92. The first-order chi connectivity index (χ1) is 13.0. The summed E-state index contributed by atoms with van der Waals surface area (Å²) in [5, 5.41) is 19.4. The number of rotatable bonds is 5. The van der Waals surface area contributed by atoms with Crippen LogP contribution in [0.3, 0.4) is 0 Å². The van der Waals surface area contributed by atoms with Gasteiger partial charge in [-0.05, 0) is 31.4 Å². The first kappa shape index (κ1) is 18.2. The van der Waals surface area contributed by atoms with E-state index in [1.54, 1.807) is 31.1 Å². The lowest BCUT2D eigenvalue weighted by molar-refractivity contribution is -0.152. The summed E-state index contributed by atoms with van der Waals surface area (Å²) in [4.78, 5) is 15.1. The Hall–Kier alpha value is -2.19. The van der Waals surface area contributed by atoms with Crippen molar-refractivity contribution in [2.75, 3.05) is 20.3 Å². The third-order valence-electron chi connectivity index (χ3n) is 5.92. The molecule has 0 radical (unpaired) electrons. The van der Waals surface area contributed by atoms with Gasteiger partial charge in [0, 0.05) is 33.4 Å². The molecule has 0 spiro atoms. The van der Waals surface area contributed by atoms with Gasteiger partial charge >= 0.3 is 0 Å². The van der Waals surface area contributed by atoms with E-state index in [2.05, 4.69) is 10.2 Å². The number of amides is 1. The van der Waals surface area contributed by atoms with Crippen LogP contribution in [0.1, 0.15) is 48.9 Å². The Kier molecular flexibility index (Phi) is 4.77. The van der Waals surface area contributed by atoms with Crippen molar-refractivity contribution >= 4 is 5.91 Å². The van der Waals surface area contributed by atoms with Crippen molar-refractivity contribution in [3.05, 3.63) is 35.4 Å². The molecule has 2 aliphatic rings. The smallest absolute Gasteiger partial charge is 0.231 e. The molecule has 1 atom stereocenters. The summed E-state index contributed by atoms with van der Waals surface area (Å²) in [5.41, 5.74) is 1.91. The number of nitrogens with zero attached hydrogens (tertiary/aromatic N) is 5. The van der Waals surface area contributed by atoms with Gasteiger partial charge in [0.25, 0.3) is 0 Å². The van der Waals surface area contributed by atoms with Crippen molar-refractivity contribution in [2.24, 2.45) is 12.5 Å². The second-order valence-corrected chi connectivity index (χ2v) is 7.71. The van der Waals surface area contributed by atoms with Crippen LogP contribution in [-0.2, 0) is 29.7 Å². The fraction of sp³-hybridized carbons (Fsp3) is 0.632. The molecule has 1 N–H and O–H groups in total. The van der Waals surface area contributed by atoms with Gasteiger partial charge in [-0.15, -0.1) is 0 Å². The molecule has 0 bridgehead atoms. The normalized spacial score (nSPS) is 19.9. The second kappa shape index (κ2) is 7.09. The van der Waals surface area contributed by atoms with Crippen molar-refractivity contribution < 1.29 is 14.6 Å². The predicted molar refractivity (Wildman–Crippen MR) is 97.7 cm³/mol. The topological polar surface area (TPSA) is 85.4 Å². The van der Waals surface area contributed by atoms with E-state index >= 15 is 0 Å². The minimum absolute atomic E-state index is 0.194. The van der Waals surface area contributed by atoms with Crippen molar-refractivity contribution in [3.63, 3.8) is 0 Å². The number of hydrogen-bond acceptors (Lipinski definition) is 5. The Morgan fingerprint density at radius 1 is 1.37 bits per heavy atom. The molecule has 3 heterocycles. The van der Waals surface area contributed by atoms with E-state index in [1.165, 1.54) is 0 Å². The second-order valence-electron chi connectivity index (χ2n) is 7.71. The molecule has 27 heavy (non-hydrogen) atoms. The molecule has 2 aromatic heterocycles. The molecule has 1 amide bonds. The van der Waals surface area contributed by atoms with Crippen LogP contribution in [0.5, 0.6) is 0 Å². The van der Waals surface area contributed by atoms with E-state index in [9.17, 15) is 9.90 Å². The SMILES string of the molecule is COCC1(C(=O)N2CCCn3nc([C@H](O)c4ccnn4C)cc3C2)CCC1. The summed E-state index contributed by atoms with van der Waals surface area (Å²) < 4.78 is 8.92. The Balaban J connectivity index is 1.55. The molecule has 0 unspecified atom stereocenters. The Labute approximate surface area is 158 Å². The first-order valence-corrected chi connectivity index (χ1v) is 9.55. The van der Waals surface area contributed by atoms with E-state index in [0.29, 0.717) is 24.5 Å². The Morgan fingerprint density at radius 2 is 2.19 bits per heavy atom. The first-order valence-electron chi connectivity index (χ1n) is 9.55. The number of ether oxygens (including phenoxy) is 1. The zero-order chi connectivity index (χ0) is 19.0. The summed E-state index contributed by atoms with van der Waals surface area (Å²) in [6, 6.07) is 3.70. The number of aromatic nitrogens is 4. The third kappa shape index (κ3) is 3.17. The fourth-order valence-corrected chi connectivity index (χ4v) is 4.23. The minimum atomic E-state index is -0.826. The average molecular weight is 373 g/mol. The van der Waals surface area contributed by atoms with Crippen molar-refractivity contribution in [1.82, 2.24) is 24.5 Å². The Bertz CT molecular complexity index is 823. The highest BCUT2D eigenvalue weighted by molar-refractivity contribution is 5.83. The number of methoxy groups -OCH3 is 1. The number of aryl methyl sites for hydroxylation is 2. The number of aliphatic hydroxyl groups excluding tert-OH is 1.